The van der Waals surface area contributed by atoms with Crippen molar-refractivity contribution in [3.05, 3.63) is 12.5 Å². The highest BCUT2D eigenvalue weighted by molar-refractivity contribution is 7.89. The first-order chi connectivity index (χ1) is 23.3. The highest BCUT2D eigenvalue weighted by Gasteiger charge is 2.50. The normalized spacial score (nSPS) is 34.9. The summed E-state index contributed by atoms with van der Waals surface area (Å²) >= 11 is 0. The number of imidazole rings is 1. The Balaban J connectivity index is 1.54. The van der Waals surface area contributed by atoms with Crippen molar-refractivity contribution < 1.29 is 37.0 Å². The lowest BCUT2D eigenvalue weighted by Crippen LogP contribution is -2.55. The van der Waals surface area contributed by atoms with Crippen LogP contribution in [-0.2, 0) is 45.6 Å². The van der Waals surface area contributed by atoms with E-state index in [9.17, 15) is 18.0 Å². The molecule has 0 saturated carbocycles. The number of ether oxygens (including phenoxy) is 4. The maximum absolute atomic E-state index is 14.3. The van der Waals surface area contributed by atoms with Gasteiger partial charge in [-0.3, -0.25) is 19.4 Å². The van der Waals surface area contributed by atoms with Gasteiger partial charge in [-0.05, 0) is 67.6 Å². The molecule has 3 aliphatic rings. The minimum absolute atomic E-state index is 0.0140. The van der Waals surface area contributed by atoms with Gasteiger partial charge in [0.25, 0.3) is 10.0 Å². The Morgan fingerprint density at radius 2 is 1.70 bits per heavy atom. The number of hydrogen-bond acceptors (Lipinski definition) is 12. The fourth-order valence-electron chi connectivity index (χ4n) is 7.83. The third kappa shape index (κ3) is 9.32. The van der Waals surface area contributed by atoms with Crippen molar-refractivity contribution in [3.63, 3.8) is 0 Å². The third-order valence-corrected chi connectivity index (χ3v) is 12.8. The number of piperazine rings is 1. The van der Waals surface area contributed by atoms with Crippen LogP contribution in [0.4, 0.5) is 0 Å². The van der Waals surface area contributed by atoms with Crippen LogP contribution in [0.1, 0.15) is 60.8 Å². The summed E-state index contributed by atoms with van der Waals surface area (Å²) in [5, 5.41) is 0.0464. The van der Waals surface area contributed by atoms with Gasteiger partial charge < -0.3 is 28.4 Å². The minimum atomic E-state index is -3.68. The van der Waals surface area contributed by atoms with Crippen LogP contribution in [0, 0.1) is 17.3 Å². The molecule has 0 spiro atoms. The van der Waals surface area contributed by atoms with Crippen LogP contribution in [-0.4, -0.2) is 159 Å². The van der Waals surface area contributed by atoms with Gasteiger partial charge in [-0.25, -0.2) is 13.4 Å². The summed E-state index contributed by atoms with van der Waals surface area (Å²) < 4.78 is 54.7. The molecule has 0 aliphatic carbocycles. The molecule has 0 unspecified atom stereocenters. The number of esters is 1. The Hall–Kier alpha value is -1.98. The van der Waals surface area contributed by atoms with Crippen molar-refractivity contribution in [2.45, 2.75) is 102 Å². The number of likely N-dealkylation sites (N-methyl/N-ethyl adjacent to an activating group) is 1. The fraction of sp³-hybridized carbons (Fsp3) is 0.857. The average molecular weight is 727 g/mol. The van der Waals surface area contributed by atoms with E-state index in [-0.39, 0.29) is 41.5 Å². The van der Waals surface area contributed by atoms with Crippen molar-refractivity contribution in [1.82, 2.24) is 28.6 Å². The molecule has 0 bridgehead atoms. The number of methoxy groups -OCH3 is 1. The Morgan fingerprint density at radius 3 is 2.28 bits per heavy atom. The van der Waals surface area contributed by atoms with Gasteiger partial charge in [0.1, 0.15) is 12.0 Å². The van der Waals surface area contributed by atoms with Crippen molar-refractivity contribution in [3.8, 4) is 0 Å². The molecule has 14 nitrogen and oxygen atoms in total. The summed E-state index contributed by atoms with van der Waals surface area (Å²) in [5.41, 5.74) is -2.30. The quantitative estimate of drug-likeness (QED) is 0.287. The first-order valence-electron chi connectivity index (χ1n) is 17.9. The SMILES string of the molecule is CO[C@]1(C)C[C@@H](C)CN(C)[C@@H](CN2CCN(S(=O)(=O)c3cn(C)cn3)CC2)COC(=O)C(C)(C)C(=O)[C@H](C)[C@H]1O[C@H]1C[C@@H](N(C)C)C[C@@H](C)O1. The van der Waals surface area contributed by atoms with Gasteiger partial charge in [0, 0.05) is 78.0 Å². The first-order valence-corrected chi connectivity index (χ1v) is 19.4. The maximum Gasteiger partial charge on any atom is 0.319 e. The average Bonchev–Trinajstić information content (AvgIpc) is 3.51. The molecule has 0 radical (unpaired) electrons. The number of sulfonamides is 1. The summed E-state index contributed by atoms with van der Waals surface area (Å²) in [6.45, 7) is 14.3. The van der Waals surface area contributed by atoms with Crippen molar-refractivity contribution in [1.29, 1.82) is 0 Å². The van der Waals surface area contributed by atoms with Gasteiger partial charge in [-0.1, -0.05) is 13.8 Å². The number of rotatable bonds is 8. The second-order valence-corrected chi connectivity index (χ2v) is 17.8. The molecule has 286 valence electrons. The number of aromatic nitrogens is 2. The van der Waals surface area contributed by atoms with E-state index >= 15 is 0 Å². The van der Waals surface area contributed by atoms with Gasteiger partial charge in [0.15, 0.2) is 17.1 Å². The largest absolute Gasteiger partial charge is 0.463 e. The van der Waals surface area contributed by atoms with Crippen LogP contribution in [0.25, 0.3) is 0 Å². The standard InChI is InChI=1S/C35H62N6O8S/c1-24-18-35(6,46-11)32(49-30-17-27(37(7)8)16-25(2)48-30)26(3)31(42)34(4,5)33(43)47-22-28(39(10)19-24)20-40-12-14-41(15-13-40)50(44,45)29-21-38(9)23-36-29/h21,23-28,30,32H,12-20,22H2,1-11H3/t24-,25-,26+,27+,28+,30+,32-,35-/m1/s1. The Morgan fingerprint density at radius 1 is 1.04 bits per heavy atom. The number of ketones is 1. The molecule has 50 heavy (non-hydrogen) atoms. The molecular weight excluding hydrogens is 664 g/mol. The third-order valence-electron chi connectivity index (χ3n) is 11.0. The summed E-state index contributed by atoms with van der Waals surface area (Å²) in [4.78, 5) is 38.6. The van der Waals surface area contributed by atoms with Gasteiger partial charge in [-0.2, -0.15) is 4.31 Å². The molecule has 0 aromatic carbocycles. The van der Waals surface area contributed by atoms with Crippen molar-refractivity contribution >= 4 is 21.8 Å². The van der Waals surface area contributed by atoms with Crippen LogP contribution >= 0.6 is 0 Å². The van der Waals surface area contributed by atoms with Crippen LogP contribution in [0.15, 0.2) is 17.6 Å². The lowest BCUT2D eigenvalue weighted by molar-refractivity contribution is -0.263. The van der Waals surface area contributed by atoms with Gasteiger partial charge in [0.2, 0.25) is 0 Å². The highest BCUT2D eigenvalue weighted by Crippen LogP contribution is 2.38. The number of cyclic esters (lactones) is 1. The second kappa shape index (κ2) is 16.4. The number of hydrogen-bond donors (Lipinski definition) is 0. The Labute approximate surface area is 299 Å². The molecule has 4 rings (SSSR count). The van der Waals surface area contributed by atoms with E-state index in [2.05, 4.69) is 40.7 Å². The van der Waals surface area contributed by atoms with E-state index < -0.39 is 45.3 Å². The Kier molecular flexibility index (Phi) is 13.3. The zero-order valence-corrected chi connectivity index (χ0v) is 32.9. The molecule has 1 aromatic heterocycles. The summed E-state index contributed by atoms with van der Waals surface area (Å²) in [7, 11) is 5.84. The lowest BCUT2D eigenvalue weighted by atomic mass is 9.74. The predicted octanol–water partition coefficient (Wildman–Crippen LogP) is 2.09. The van der Waals surface area contributed by atoms with Crippen LogP contribution < -0.4 is 0 Å². The number of nitrogens with zero attached hydrogens (tertiary/aromatic N) is 6. The fourth-order valence-corrected chi connectivity index (χ4v) is 9.22. The van der Waals surface area contributed by atoms with Crippen molar-refractivity contribution in [2.75, 3.05) is 74.1 Å². The van der Waals surface area contributed by atoms with E-state index in [1.165, 1.54) is 16.8 Å². The van der Waals surface area contributed by atoms with E-state index in [4.69, 9.17) is 18.9 Å². The van der Waals surface area contributed by atoms with E-state index in [1.807, 2.05) is 27.8 Å². The highest BCUT2D eigenvalue weighted by atomic mass is 32.2. The maximum atomic E-state index is 14.3. The summed E-state index contributed by atoms with van der Waals surface area (Å²) in [5.74, 6) is -1.43. The summed E-state index contributed by atoms with van der Waals surface area (Å²) in [6, 6.07) is 0.0767. The molecule has 3 aliphatic heterocycles. The molecule has 15 heteroatoms. The van der Waals surface area contributed by atoms with Crippen LogP contribution in [0.3, 0.4) is 0 Å². The van der Waals surface area contributed by atoms with Crippen molar-refractivity contribution in [2.24, 2.45) is 24.3 Å². The molecule has 0 amide bonds. The Bertz CT molecular complexity index is 1410. The second-order valence-electron chi connectivity index (χ2n) is 15.9. The van der Waals surface area contributed by atoms with Gasteiger partial charge in [-0.15, -0.1) is 0 Å². The zero-order chi connectivity index (χ0) is 37.2. The zero-order valence-electron chi connectivity index (χ0n) is 32.1. The smallest absolute Gasteiger partial charge is 0.319 e. The number of Topliss-reactive ketones (excluding diaryl/α,β-unsaturated/α-hetero) is 1. The lowest BCUT2D eigenvalue weighted by Gasteiger charge is -2.45. The van der Waals surface area contributed by atoms with E-state index in [0.717, 1.165) is 6.42 Å². The first kappa shape index (κ1) is 40.8. The molecular formula is C35H62N6O8S. The predicted molar refractivity (Wildman–Crippen MR) is 189 cm³/mol. The molecule has 4 heterocycles. The molecule has 8 atom stereocenters. The van der Waals surface area contributed by atoms with Crippen LogP contribution in [0.5, 0.6) is 0 Å². The molecule has 1 aromatic rings. The van der Waals surface area contributed by atoms with E-state index in [0.29, 0.717) is 52.1 Å². The molecule has 3 fully saturated rings. The number of carbonyl (C=O) groups is 2. The molecule has 0 N–H and O–H groups in total. The van der Waals surface area contributed by atoms with Gasteiger partial charge in [0.05, 0.1) is 30.2 Å². The summed E-state index contributed by atoms with van der Waals surface area (Å²) in [6.07, 6.45) is 3.90. The van der Waals surface area contributed by atoms with Crippen LogP contribution in [0.2, 0.25) is 0 Å². The number of carbonyl (C=O) groups excluding carboxylic acids is 2. The van der Waals surface area contributed by atoms with E-state index in [1.54, 1.807) is 32.6 Å². The molecule has 3 saturated heterocycles. The van der Waals surface area contributed by atoms with Gasteiger partial charge >= 0.3 is 5.97 Å². The topological polar surface area (TPSA) is 136 Å². The minimum Gasteiger partial charge on any atom is -0.463 e. The monoisotopic (exact) mass is 726 g/mol. The number of aryl methyl sites for hydroxylation is 1.